The fourth-order valence-corrected chi connectivity index (χ4v) is 2.48. The summed E-state index contributed by atoms with van der Waals surface area (Å²) in [7, 11) is 0. The molecule has 1 aliphatic rings. The highest BCUT2D eigenvalue weighted by molar-refractivity contribution is 5.19. The molecule has 0 radical (unpaired) electrons. The fourth-order valence-electron chi connectivity index (χ4n) is 2.48. The lowest BCUT2D eigenvalue weighted by Gasteiger charge is -2.15. The molecule has 2 unspecified atom stereocenters. The number of nitrogens with one attached hydrogen (secondary N) is 1. The van der Waals surface area contributed by atoms with Gasteiger partial charge in [-0.05, 0) is 31.6 Å². The van der Waals surface area contributed by atoms with Crippen molar-refractivity contribution in [3.8, 4) is 0 Å². The van der Waals surface area contributed by atoms with Crippen molar-refractivity contribution in [2.24, 2.45) is 5.92 Å². The van der Waals surface area contributed by atoms with Crippen LogP contribution in [-0.2, 0) is 12.8 Å². The van der Waals surface area contributed by atoms with Crippen LogP contribution < -0.4 is 0 Å². The van der Waals surface area contributed by atoms with Gasteiger partial charge in [0, 0.05) is 11.6 Å². The average molecular weight is 206 g/mol. The number of nitrogens with zero attached hydrogens (tertiary/aromatic N) is 1. The first-order valence-electron chi connectivity index (χ1n) is 6.28. The second-order valence-electron chi connectivity index (χ2n) is 5.08. The van der Waals surface area contributed by atoms with Gasteiger partial charge < -0.3 is 4.98 Å². The molecule has 2 heteroatoms. The van der Waals surface area contributed by atoms with Gasteiger partial charge in [-0.1, -0.05) is 27.2 Å². The summed E-state index contributed by atoms with van der Waals surface area (Å²) >= 11 is 0. The molecule has 0 aliphatic heterocycles. The molecule has 0 saturated heterocycles. The SMILES string of the molecule is CCCC(C)c1nc2c([nH]1)CC(C)CC2. The number of aryl methyl sites for hydroxylation is 1. The molecule has 2 rings (SSSR count). The van der Waals surface area contributed by atoms with Crippen LogP contribution in [0, 0.1) is 5.92 Å². The van der Waals surface area contributed by atoms with E-state index in [0.29, 0.717) is 5.92 Å². The predicted molar refractivity (Wildman–Crippen MR) is 63.1 cm³/mol. The van der Waals surface area contributed by atoms with E-state index < -0.39 is 0 Å². The van der Waals surface area contributed by atoms with Crippen LogP contribution in [0.4, 0.5) is 0 Å². The molecule has 1 aromatic heterocycles. The molecular weight excluding hydrogens is 184 g/mol. The zero-order valence-corrected chi connectivity index (χ0v) is 10.1. The van der Waals surface area contributed by atoms with Crippen molar-refractivity contribution in [3.05, 3.63) is 17.2 Å². The number of rotatable bonds is 3. The Balaban J connectivity index is 2.15. The first kappa shape index (κ1) is 10.7. The summed E-state index contributed by atoms with van der Waals surface area (Å²) in [5.74, 6) is 2.64. The van der Waals surface area contributed by atoms with Gasteiger partial charge in [0.05, 0.1) is 5.69 Å². The van der Waals surface area contributed by atoms with E-state index in [0.717, 1.165) is 5.92 Å². The first-order chi connectivity index (χ1) is 7.20. The Morgan fingerprint density at radius 3 is 3.07 bits per heavy atom. The molecular formula is C13H22N2. The van der Waals surface area contributed by atoms with Crippen LogP contribution in [0.5, 0.6) is 0 Å². The normalized spacial score (nSPS) is 22.5. The highest BCUT2D eigenvalue weighted by Gasteiger charge is 2.20. The second-order valence-corrected chi connectivity index (χ2v) is 5.08. The number of aromatic amines is 1. The third-order valence-electron chi connectivity index (χ3n) is 3.50. The summed E-state index contributed by atoms with van der Waals surface area (Å²) in [6, 6.07) is 0. The maximum atomic E-state index is 4.75. The van der Waals surface area contributed by atoms with Crippen molar-refractivity contribution >= 4 is 0 Å². The molecule has 2 atom stereocenters. The minimum absolute atomic E-state index is 0.593. The molecule has 0 bridgehead atoms. The van der Waals surface area contributed by atoms with Crippen LogP contribution in [0.1, 0.15) is 63.2 Å². The molecule has 84 valence electrons. The van der Waals surface area contributed by atoms with E-state index in [1.165, 1.54) is 49.3 Å². The molecule has 1 aromatic rings. The Morgan fingerprint density at radius 2 is 2.33 bits per heavy atom. The van der Waals surface area contributed by atoms with E-state index >= 15 is 0 Å². The summed E-state index contributed by atoms with van der Waals surface area (Å²) in [6.45, 7) is 6.84. The highest BCUT2D eigenvalue weighted by atomic mass is 14.9. The number of H-pyrrole nitrogens is 1. The van der Waals surface area contributed by atoms with Gasteiger partial charge in [-0.15, -0.1) is 0 Å². The van der Waals surface area contributed by atoms with Gasteiger partial charge in [-0.25, -0.2) is 4.98 Å². The van der Waals surface area contributed by atoms with Gasteiger partial charge in [0.2, 0.25) is 0 Å². The van der Waals surface area contributed by atoms with E-state index in [-0.39, 0.29) is 0 Å². The number of imidazole rings is 1. The molecule has 2 nitrogen and oxygen atoms in total. The Morgan fingerprint density at radius 1 is 1.53 bits per heavy atom. The van der Waals surface area contributed by atoms with E-state index in [4.69, 9.17) is 4.98 Å². The lowest BCUT2D eigenvalue weighted by Crippen LogP contribution is -2.10. The van der Waals surface area contributed by atoms with E-state index in [9.17, 15) is 0 Å². The van der Waals surface area contributed by atoms with Crippen LogP contribution in [-0.4, -0.2) is 9.97 Å². The summed E-state index contributed by atoms with van der Waals surface area (Å²) < 4.78 is 0. The lowest BCUT2D eigenvalue weighted by molar-refractivity contribution is 0.491. The van der Waals surface area contributed by atoms with Gasteiger partial charge in [-0.3, -0.25) is 0 Å². The molecule has 0 fully saturated rings. The maximum absolute atomic E-state index is 4.75. The average Bonchev–Trinajstić information content (AvgIpc) is 2.60. The van der Waals surface area contributed by atoms with Crippen molar-refractivity contribution in [2.75, 3.05) is 0 Å². The molecule has 15 heavy (non-hydrogen) atoms. The van der Waals surface area contributed by atoms with Crippen molar-refractivity contribution in [1.82, 2.24) is 9.97 Å². The van der Waals surface area contributed by atoms with Crippen LogP contribution in [0.2, 0.25) is 0 Å². The molecule has 1 heterocycles. The number of hydrogen-bond donors (Lipinski definition) is 1. The zero-order chi connectivity index (χ0) is 10.8. The standard InChI is InChI=1S/C13H22N2/c1-4-5-10(3)13-14-11-7-6-9(2)8-12(11)15-13/h9-10H,4-8H2,1-3H3,(H,14,15). The quantitative estimate of drug-likeness (QED) is 0.806. The zero-order valence-electron chi connectivity index (χ0n) is 10.1. The first-order valence-corrected chi connectivity index (χ1v) is 6.28. The molecule has 0 aromatic carbocycles. The van der Waals surface area contributed by atoms with E-state index in [2.05, 4.69) is 25.8 Å². The van der Waals surface area contributed by atoms with Crippen LogP contribution in [0.25, 0.3) is 0 Å². The Kier molecular flexibility index (Phi) is 3.13. The van der Waals surface area contributed by atoms with Crippen molar-refractivity contribution in [2.45, 2.75) is 58.8 Å². The maximum Gasteiger partial charge on any atom is 0.109 e. The third-order valence-corrected chi connectivity index (χ3v) is 3.50. The minimum atomic E-state index is 0.593. The van der Waals surface area contributed by atoms with Crippen molar-refractivity contribution < 1.29 is 0 Å². The van der Waals surface area contributed by atoms with Crippen LogP contribution in [0.15, 0.2) is 0 Å². The smallest absolute Gasteiger partial charge is 0.109 e. The Hall–Kier alpha value is -0.790. The van der Waals surface area contributed by atoms with Gasteiger partial charge in [0.15, 0.2) is 0 Å². The third kappa shape index (κ3) is 2.24. The van der Waals surface area contributed by atoms with Crippen molar-refractivity contribution in [3.63, 3.8) is 0 Å². The molecule has 0 saturated carbocycles. The van der Waals surface area contributed by atoms with Crippen LogP contribution >= 0.6 is 0 Å². The summed E-state index contributed by atoms with van der Waals surface area (Å²) in [4.78, 5) is 8.29. The second kappa shape index (κ2) is 4.38. The lowest BCUT2D eigenvalue weighted by atomic mass is 9.92. The minimum Gasteiger partial charge on any atom is -0.345 e. The molecule has 0 spiro atoms. The van der Waals surface area contributed by atoms with E-state index in [1.807, 2.05) is 0 Å². The van der Waals surface area contributed by atoms with Gasteiger partial charge in [0.25, 0.3) is 0 Å². The molecule has 1 N–H and O–H groups in total. The molecule has 1 aliphatic carbocycles. The van der Waals surface area contributed by atoms with E-state index in [1.54, 1.807) is 0 Å². The fraction of sp³-hybridized carbons (Fsp3) is 0.769. The number of hydrogen-bond acceptors (Lipinski definition) is 1. The highest BCUT2D eigenvalue weighted by Crippen LogP contribution is 2.26. The summed E-state index contributed by atoms with van der Waals surface area (Å²) in [5, 5.41) is 0. The molecule has 0 amide bonds. The summed E-state index contributed by atoms with van der Waals surface area (Å²) in [6.07, 6.45) is 6.15. The Bertz CT molecular complexity index is 327. The van der Waals surface area contributed by atoms with Gasteiger partial charge in [-0.2, -0.15) is 0 Å². The number of fused-ring (bicyclic) bond motifs is 1. The van der Waals surface area contributed by atoms with Gasteiger partial charge in [0.1, 0.15) is 5.82 Å². The van der Waals surface area contributed by atoms with Crippen LogP contribution in [0.3, 0.4) is 0 Å². The largest absolute Gasteiger partial charge is 0.345 e. The van der Waals surface area contributed by atoms with Gasteiger partial charge >= 0.3 is 0 Å². The monoisotopic (exact) mass is 206 g/mol. The number of aromatic nitrogens is 2. The van der Waals surface area contributed by atoms with Crippen molar-refractivity contribution in [1.29, 1.82) is 0 Å². The predicted octanol–water partition coefficient (Wildman–Crippen LogP) is 3.44. The topological polar surface area (TPSA) is 28.7 Å². The summed E-state index contributed by atoms with van der Waals surface area (Å²) in [5.41, 5.74) is 2.75. The Labute approximate surface area is 92.5 Å².